The molecule has 3 aromatic rings. The van der Waals surface area contributed by atoms with E-state index in [2.05, 4.69) is 16.3 Å². The average Bonchev–Trinajstić information content (AvgIpc) is 3.33. The van der Waals surface area contributed by atoms with Crippen LogP contribution < -0.4 is 16.3 Å². The molecule has 20 heteroatoms. The van der Waals surface area contributed by atoms with Crippen LogP contribution in [-0.2, 0) is 62.8 Å². The zero-order chi connectivity index (χ0) is 47.8. The standard InChI is InChI=1S/C46H60N8O12/c1-32(40(56)53-37(39(55)47-48-43(59)66-46(2,3)4)25-17-27-52(53)45(61)64-29-34-20-12-8-13-21-34)50(5)42(58)38(31-62-6)54(65-30-35-22-14-9-15-23-35)41(57)36-24-16-26-51(49-36)44(60)63-28-33-18-10-7-11-19-33/h7-15,18-23,32,36-38,49H,16-17,24-31H2,1-6H3,(H,47,55)(H,48,59)/t32-,36-,37+,38+/m1/s1. The first-order valence-electron chi connectivity index (χ1n) is 21.7. The number of methoxy groups -OCH3 is 1. The van der Waals surface area contributed by atoms with Gasteiger partial charge in [0.15, 0.2) is 6.04 Å². The van der Waals surface area contributed by atoms with Gasteiger partial charge in [0.25, 0.3) is 23.6 Å². The number of benzene rings is 3. The van der Waals surface area contributed by atoms with Crippen LogP contribution in [0.1, 0.15) is 70.1 Å². The van der Waals surface area contributed by atoms with Crippen LogP contribution in [0.4, 0.5) is 14.4 Å². The second kappa shape index (κ2) is 24.0. The number of rotatable bonds is 15. The summed E-state index contributed by atoms with van der Waals surface area (Å²) in [5.74, 6) is -3.21. The van der Waals surface area contributed by atoms with E-state index in [4.69, 9.17) is 23.8 Å². The molecule has 5 rings (SSSR count). The summed E-state index contributed by atoms with van der Waals surface area (Å²) in [5.41, 5.74) is 8.64. The number of nitrogens with zero attached hydrogens (tertiary/aromatic N) is 5. The van der Waals surface area contributed by atoms with E-state index in [-0.39, 0.29) is 58.8 Å². The van der Waals surface area contributed by atoms with Crippen molar-refractivity contribution in [2.45, 2.75) is 103 Å². The second-order valence-corrected chi connectivity index (χ2v) is 16.7. The minimum absolute atomic E-state index is 0.00881. The summed E-state index contributed by atoms with van der Waals surface area (Å²) in [6.45, 7) is 5.88. The molecule has 2 fully saturated rings. The molecule has 2 saturated heterocycles. The highest BCUT2D eigenvalue weighted by atomic mass is 16.7. The van der Waals surface area contributed by atoms with Crippen LogP contribution in [-0.4, -0.2) is 131 Å². The lowest BCUT2D eigenvalue weighted by molar-refractivity contribution is -0.217. The minimum Gasteiger partial charge on any atom is -0.444 e. The van der Waals surface area contributed by atoms with Crippen LogP contribution in [0.5, 0.6) is 0 Å². The Balaban J connectivity index is 1.38. The highest BCUT2D eigenvalue weighted by Crippen LogP contribution is 2.24. The maximum Gasteiger partial charge on any atom is 0.429 e. The van der Waals surface area contributed by atoms with Crippen LogP contribution in [0, 0.1) is 0 Å². The predicted molar refractivity (Wildman–Crippen MR) is 236 cm³/mol. The molecule has 0 bridgehead atoms. The molecule has 4 atom stereocenters. The van der Waals surface area contributed by atoms with Crippen molar-refractivity contribution in [3.05, 3.63) is 108 Å². The van der Waals surface area contributed by atoms with E-state index < -0.39 is 71.7 Å². The summed E-state index contributed by atoms with van der Waals surface area (Å²) in [6.07, 6.45) is -1.59. The molecule has 20 nitrogen and oxygen atoms in total. The van der Waals surface area contributed by atoms with Crippen molar-refractivity contribution >= 4 is 41.9 Å². The first kappa shape index (κ1) is 50.2. The third kappa shape index (κ3) is 14.1. The number of hydroxylamine groups is 2. The van der Waals surface area contributed by atoms with Crippen molar-refractivity contribution in [2.75, 3.05) is 33.9 Å². The molecule has 2 heterocycles. The van der Waals surface area contributed by atoms with E-state index >= 15 is 0 Å². The fourth-order valence-electron chi connectivity index (χ4n) is 7.07. The lowest BCUT2D eigenvalue weighted by atomic mass is 10.1. The van der Waals surface area contributed by atoms with Crippen molar-refractivity contribution in [3.8, 4) is 0 Å². The zero-order valence-corrected chi connectivity index (χ0v) is 38.2. The third-order valence-electron chi connectivity index (χ3n) is 10.6. The summed E-state index contributed by atoms with van der Waals surface area (Å²) in [7, 11) is 2.66. The number of carbonyl (C=O) groups excluding carboxylic acids is 7. The Morgan fingerprint density at radius 2 is 1.30 bits per heavy atom. The molecular weight excluding hydrogens is 857 g/mol. The SMILES string of the molecule is COC[C@@H](C(=O)N(C)[C@H](C)C(=O)N1[C@H](C(=O)NNC(=O)OC(C)(C)C)CCCN1C(=O)OCc1ccccc1)N(OCc1ccccc1)C(=O)[C@H]1CCCN(C(=O)OCc2ccccc2)N1. The summed E-state index contributed by atoms with van der Waals surface area (Å²) < 4.78 is 21.8. The van der Waals surface area contributed by atoms with Crippen molar-refractivity contribution in [2.24, 2.45) is 0 Å². The summed E-state index contributed by atoms with van der Waals surface area (Å²) in [4.78, 5) is 104. The summed E-state index contributed by atoms with van der Waals surface area (Å²) in [5, 5.41) is 4.03. The lowest BCUT2D eigenvalue weighted by Crippen LogP contribution is -2.67. The first-order valence-corrected chi connectivity index (χ1v) is 21.7. The number of hydrogen-bond donors (Lipinski definition) is 3. The van der Waals surface area contributed by atoms with Crippen LogP contribution in [0.2, 0.25) is 0 Å². The first-order chi connectivity index (χ1) is 31.6. The van der Waals surface area contributed by atoms with Gasteiger partial charge in [0.2, 0.25) is 0 Å². The van der Waals surface area contributed by atoms with Gasteiger partial charge in [-0.05, 0) is 70.1 Å². The Labute approximate surface area is 384 Å². The molecular formula is C46H60N8O12. The van der Waals surface area contributed by atoms with Gasteiger partial charge < -0.3 is 23.8 Å². The van der Waals surface area contributed by atoms with Crippen molar-refractivity contribution < 1.29 is 57.3 Å². The highest BCUT2D eigenvalue weighted by molar-refractivity contribution is 5.95. The van der Waals surface area contributed by atoms with Crippen molar-refractivity contribution in [1.29, 1.82) is 0 Å². The van der Waals surface area contributed by atoms with Crippen LogP contribution in [0.15, 0.2) is 91.0 Å². The molecule has 0 saturated carbocycles. The topological polar surface area (TPSA) is 218 Å². The molecule has 0 aromatic heterocycles. The van der Waals surface area contributed by atoms with Gasteiger partial charge in [-0.25, -0.2) is 45.3 Å². The minimum atomic E-state index is -1.49. The van der Waals surface area contributed by atoms with E-state index in [1.807, 2.05) is 36.4 Å². The molecule has 356 valence electrons. The maximum atomic E-state index is 14.7. The van der Waals surface area contributed by atoms with Gasteiger partial charge in [-0.1, -0.05) is 91.0 Å². The molecule has 0 radical (unpaired) electrons. The second-order valence-electron chi connectivity index (χ2n) is 16.7. The predicted octanol–water partition coefficient (Wildman–Crippen LogP) is 4.22. The average molecular weight is 917 g/mol. The molecule has 0 unspecified atom stereocenters. The van der Waals surface area contributed by atoms with Gasteiger partial charge in [0.05, 0.1) is 6.61 Å². The maximum absolute atomic E-state index is 14.7. The number of ether oxygens (including phenoxy) is 4. The monoisotopic (exact) mass is 916 g/mol. The number of carbonyl (C=O) groups is 7. The number of nitrogens with one attached hydrogen (secondary N) is 3. The molecule has 66 heavy (non-hydrogen) atoms. The largest absolute Gasteiger partial charge is 0.444 e. The normalized spacial score (nSPS) is 17.1. The zero-order valence-electron chi connectivity index (χ0n) is 38.2. The van der Waals surface area contributed by atoms with Crippen molar-refractivity contribution in [1.82, 2.24) is 41.3 Å². The highest BCUT2D eigenvalue weighted by Gasteiger charge is 2.46. The number of hydrazine groups is 3. The molecule has 0 spiro atoms. The molecule has 3 N–H and O–H groups in total. The Morgan fingerprint density at radius 3 is 1.86 bits per heavy atom. The fourth-order valence-corrected chi connectivity index (χ4v) is 7.07. The number of likely N-dealkylation sites (N-methyl/N-ethyl adjacent to an activating group) is 1. The smallest absolute Gasteiger partial charge is 0.429 e. The van der Waals surface area contributed by atoms with Gasteiger partial charge in [-0.3, -0.25) is 29.4 Å². The van der Waals surface area contributed by atoms with E-state index in [0.717, 1.165) is 25.5 Å². The van der Waals surface area contributed by atoms with Gasteiger partial charge in [-0.15, -0.1) is 0 Å². The molecule has 0 aliphatic carbocycles. The molecule has 2 aliphatic rings. The summed E-state index contributed by atoms with van der Waals surface area (Å²) >= 11 is 0. The Bertz CT molecular complexity index is 2110. The van der Waals surface area contributed by atoms with Gasteiger partial charge in [-0.2, -0.15) is 0 Å². The van der Waals surface area contributed by atoms with E-state index in [1.165, 1.54) is 26.1 Å². The van der Waals surface area contributed by atoms with Gasteiger partial charge in [0.1, 0.15) is 43.5 Å². The van der Waals surface area contributed by atoms with Crippen LogP contribution >= 0.6 is 0 Å². The van der Waals surface area contributed by atoms with Gasteiger partial charge >= 0.3 is 18.3 Å². The van der Waals surface area contributed by atoms with E-state index in [0.29, 0.717) is 17.5 Å². The van der Waals surface area contributed by atoms with E-state index in [9.17, 15) is 33.6 Å². The Hall–Kier alpha value is -6.77. The Morgan fingerprint density at radius 1 is 0.758 bits per heavy atom. The van der Waals surface area contributed by atoms with E-state index in [1.54, 1.807) is 75.4 Å². The lowest BCUT2D eigenvalue weighted by Gasteiger charge is -2.44. The third-order valence-corrected chi connectivity index (χ3v) is 10.6. The number of hydrogen-bond acceptors (Lipinski definition) is 13. The molecule has 2 aliphatic heterocycles. The van der Waals surface area contributed by atoms with Gasteiger partial charge in [0, 0.05) is 27.2 Å². The summed E-state index contributed by atoms with van der Waals surface area (Å²) in [6, 6.07) is 21.6. The van der Waals surface area contributed by atoms with Crippen LogP contribution in [0.25, 0.3) is 0 Å². The van der Waals surface area contributed by atoms with Crippen LogP contribution in [0.3, 0.4) is 0 Å². The van der Waals surface area contributed by atoms with Crippen molar-refractivity contribution in [3.63, 3.8) is 0 Å². The molecule has 7 amide bonds. The quantitative estimate of drug-likeness (QED) is 0.144. The molecule has 3 aromatic carbocycles. The Kier molecular flexibility index (Phi) is 18.2. The number of amides is 7. The fraction of sp³-hybridized carbons (Fsp3) is 0.457.